The molecule has 6 nitrogen and oxygen atoms in total. The summed E-state index contributed by atoms with van der Waals surface area (Å²) < 4.78 is 39.3. The Kier molecular flexibility index (Phi) is 7.16. The maximum absolute atomic E-state index is 12.5. The SMILES string of the molecule is COc1cc(/C=C/C(=O)OCC(=O)/C=C2\N(C)c3ccccc3C2(C)C)ccc1OC(F)F. The number of esters is 1. The maximum atomic E-state index is 12.5. The molecule has 0 aliphatic carbocycles. The molecule has 1 aliphatic heterocycles. The van der Waals surface area contributed by atoms with Crippen molar-refractivity contribution in [2.24, 2.45) is 0 Å². The summed E-state index contributed by atoms with van der Waals surface area (Å²) in [5.41, 5.74) is 3.11. The lowest BCUT2D eigenvalue weighted by molar-refractivity contribution is -0.141. The van der Waals surface area contributed by atoms with Gasteiger partial charge in [0.2, 0.25) is 0 Å². The van der Waals surface area contributed by atoms with Gasteiger partial charge in [-0.1, -0.05) is 38.1 Å². The molecule has 2 aromatic rings. The quantitative estimate of drug-likeness (QED) is 0.422. The molecule has 2 aromatic carbocycles. The van der Waals surface area contributed by atoms with Crippen LogP contribution in [0.15, 0.2) is 60.3 Å². The molecule has 0 bridgehead atoms. The average molecular weight is 457 g/mol. The molecule has 0 saturated heterocycles. The number of fused-ring (bicyclic) bond motifs is 1. The van der Waals surface area contributed by atoms with E-state index in [-0.39, 0.29) is 22.7 Å². The third kappa shape index (κ3) is 5.39. The van der Waals surface area contributed by atoms with Crippen LogP contribution in [0.3, 0.4) is 0 Å². The van der Waals surface area contributed by atoms with E-state index in [1.807, 2.05) is 50.1 Å². The summed E-state index contributed by atoms with van der Waals surface area (Å²) >= 11 is 0. The molecule has 1 heterocycles. The molecule has 174 valence electrons. The predicted octanol–water partition coefficient (Wildman–Crippen LogP) is 4.73. The standard InChI is InChI=1S/C25H25F2NO5/c1-25(2)18-7-5-6-8-19(18)28(3)22(25)14-17(29)15-32-23(30)12-10-16-9-11-20(33-24(26)27)21(13-16)31-4/h5-14,24H,15H2,1-4H3/b12-10+,22-14-. The van der Waals surface area contributed by atoms with Crippen molar-refractivity contribution in [3.05, 3.63) is 71.4 Å². The van der Waals surface area contributed by atoms with E-state index in [9.17, 15) is 18.4 Å². The number of nitrogens with zero attached hydrogens (tertiary/aromatic N) is 1. The van der Waals surface area contributed by atoms with E-state index in [1.54, 1.807) is 0 Å². The van der Waals surface area contributed by atoms with Crippen molar-refractivity contribution in [1.29, 1.82) is 0 Å². The molecule has 33 heavy (non-hydrogen) atoms. The number of ketones is 1. The molecular formula is C25H25F2NO5. The predicted molar refractivity (Wildman–Crippen MR) is 121 cm³/mol. The van der Waals surface area contributed by atoms with E-state index in [2.05, 4.69) is 4.74 Å². The van der Waals surface area contributed by atoms with Crippen LogP contribution in [-0.4, -0.2) is 39.1 Å². The molecule has 1 aliphatic rings. The van der Waals surface area contributed by atoms with E-state index in [0.29, 0.717) is 5.56 Å². The summed E-state index contributed by atoms with van der Waals surface area (Å²) in [7, 11) is 3.21. The highest BCUT2D eigenvalue weighted by atomic mass is 19.3. The first kappa shape index (κ1) is 24.0. The van der Waals surface area contributed by atoms with Gasteiger partial charge in [-0.05, 0) is 35.4 Å². The first-order valence-electron chi connectivity index (χ1n) is 10.2. The zero-order chi connectivity index (χ0) is 24.2. The summed E-state index contributed by atoms with van der Waals surface area (Å²) in [6, 6.07) is 12.2. The molecule has 3 rings (SSSR count). The number of hydrogen-bond acceptors (Lipinski definition) is 6. The molecule has 0 fully saturated rings. The van der Waals surface area contributed by atoms with Gasteiger partial charge in [-0.25, -0.2) is 4.79 Å². The molecule has 0 radical (unpaired) electrons. The Morgan fingerprint density at radius 2 is 1.85 bits per heavy atom. The lowest BCUT2D eigenvalue weighted by Gasteiger charge is -2.23. The third-order valence-electron chi connectivity index (χ3n) is 5.41. The Morgan fingerprint density at radius 3 is 2.52 bits per heavy atom. The number of methoxy groups -OCH3 is 1. The fourth-order valence-electron chi connectivity index (χ4n) is 3.79. The molecule has 0 N–H and O–H groups in total. The minimum absolute atomic E-state index is 0.0944. The minimum atomic E-state index is -2.98. The molecular weight excluding hydrogens is 432 g/mol. The van der Waals surface area contributed by atoms with E-state index in [4.69, 9.17) is 9.47 Å². The fraction of sp³-hybridized carbons (Fsp3) is 0.280. The molecule has 0 atom stereocenters. The van der Waals surface area contributed by atoms with Gasteiger partial charge in [0.25, 0.3) is 0 Å². The van der Waals surface area contributed by atoms with Crippen LogP contribution in [0.1, 0.15) is 25.0 Å². The number of benzene rings is 2. The highest BCUT2D eigenvalue weighted by molar-refractivity contribution is 5.96. The number of ether oxygens (including phenoxy) is 3. The second-order valence-electron chi connectivity index (χ2n) is 7.93. The van der Waals surface area contributed by atoms with Gasteiger partial charge in [0.1, 0.15) is 0 Å². The molecule has 0 unspecified atom stereocenters. The summed E-state index contributed by atoms with van der Waals surface area (Å²) in [5.74, 6) is -1.07. The number of carbonyl (C=O) groups excluding carboxylic acids is 2. The van der Waals surface area contributed by atoms with E-state index >= 15 is 0 Å². The smallest absolute Gasteiger partial charge is 0.387 e. The van der Waals surface area contributed by atoms with E-state index in [0.717, 1.165) is 23.0 Å². The number of alkyl halides is 2. The largest absolute Gasteiger partial charge is 0.493 e. The lowest BCUT2D eigenvalue weighted by Crippen LogP contribution is -2.25. The van der Waals surface area contributed by atoms with Crippen LogP contribution in [0.4, 0.5) is 14.5 Å². The number of likely N-dealkylation sites (N-methyl/N-ethyl adjacent to an activating group) is 1. The van der Waals surface area contributed by atoms with Gasteiger partial charge in [0.05, 0.1) is 7.11 Å². The Labute approximate surface area is 191 Å². The maximum Gasteiger partial charge on any atom is 0.387 e. The van der Waals surface area contributed by atoms with E-state index in [1.165, 1.54) is 37.5 Å². The normalized spacial score (nSPS) is 15.7. The molecule has 8 heteroatoms. The van der Waals surface area contributed by atoms with Crippen LogP contribution in [0.2, 0.25) is 0 Å². The van der Waals surface area contributed by atoms with Crippen molar-refractivity contribution in [1.82, 2.24) is 0 Å². The molecule has 0 aromatic heterocycles. The van der Waals surface area contributed by atoms with Gasteiger partial charge in [-0.15, -0.1) is 0 Å². The zero-order valence-corrected chi connectivity index (χ0v) is 18.8. The van der Waals surface area contributed by atoms with Crippen molar-refractivity contribution in [2.75, 3.05) is 25.7 Å². The van der Waals surface area contributed by atoms with Crippen molar-refractivity contribution in [3.63, 3.8) is 0 Å². The van der Waals surface area contributed by atoms with Gasteiger partial charge < -0.3 is 19.1 Å². The highest BCUT2D eigenvalue weighted by Gasteiger charge is 2.38. The first-order valence-corrected chi connectivity index (χ1v) is 10.2. The van der Waals surface area contributed by atoms with E-state index < -0.39 is 19.2 Å². The zero-order valence-electron chi connectivity index (χ0n) is 18.8. The number of rotatable bonds is 8. The molecule has 0 amide bonds. The summed E-state index contributed by atoms with van der Waals surface area (Å²) in [6.45, 7) is 0.688. The average Bonchev–Trinajstić information content (AvgIpc) is 2.97. The second-order valence-corrected chi connectivity index (χ2v) is 7.93. The van der Waals surface area contributed by atoms with Crippen molar-refractivity contribution < 1.29 is 32.6 Å². The number of hydrogen-bond donors (Lipinski definition) is 0. The Balaban J connectivity index is 1.61. The monoisotopic (exact) mass is 457 g/mol. The number of para-hydroxylation sites is 1. The number of halogens is 2. The lowest BCUT2D eigenvalue weighted by atomic mass is 9.83. The Hall–Kier alpha value is -3.68. The van der Waals surface area contributed by atoms with Crippen molar-refractivity contribution in [2.45, 2.75) is 25.9 Å². The van der Waals surface area contributed by atoms with Gasteiger partial charge in [-0.3, -0.25) is 4.79 Å². The van der Waals surface area contributed by atoms with Crippen LogP contribution >= 0.6 is 0 Å². The Bertz CT molecular complexity index is 1110. The van der Waals surface area contributed by atoms with Gasteiger partial charge in [0, 0.05) is 36.0 Å². The van der Waals surface area contributed by atoms with Crippen molar-refractivity contribution in [3.8, 4) is 11.5 Å². The van der Waals surface area contributed by atoms with Crippen LogP contribution < -0.4 is 14.4 Å². The van der Waals surface area contributed by atoms with Crippen LogP contribution in [0, 0.1) is 0 Å². The van der Waals surface area contributed by atoms with Crippen LogP contribution in [0.5, 0.6) is 11.5 Å². The number of allylic oxidation sites excluding steroid dienone is 1. The number of carbonyl (C=O) groups is 2. The topological polar surface area (TPSA) is 65.1 Å². The minimum Gasteiger partial charge on any atom is -0.493 e. The summed E-state index contributed by atoms with van der Waals surface area (Å²) in [4.78, 5) is 26.5. The van der Waals surface area contributed by atoms with Crippen LogP contribution in [-0.2, 0) is 19.7 Å². The van der Waals surface area contributed by atoms with Gasteiger partial charge in [-0.2, -0.15) is 8.78 Å². The molecule has 0 saturated carbocycles. The molecule has 0 spiro atoms. The van der Waals surface area contributed by atoms with Crippen molar-refractivity contribution >= 4 is 23.5 Å². The summed E-state index contributed by atoms with van der Waals surface area (Å²) in [5, 5.41) is 0. The van der Waals surface area contributed by atoms with Gasteiger partial charge >= 0.3 is 12.6 Å². The fourth-order valence-corrected chi connectivity index (χ4v) is 3.79. The van der Waals surface area contributed by atoms with Crippen LogP contribution in [0.25, 0.3) is 6.08 Å². The third-order valence-corrected chi connectivity index (χ3v) is 5.41. The highest BCUT2D eigenvalue weighted by Crippen LogP contribution is 2.46. The first-order chi connectivity index (χ1) is 15.6. The van der Waals surface area contributed by atoms with Gasteiger partial charge in [0.15, 0.2) is 23.9 Å². The summed E-state index contributed by atoms with van der Waals surface area (Å²) in [6.07, 6.45) is 4.07. The number of anilines is 1. The Morgan fingerprint density at radius 1 is 1.12 bits per heavy atom. The second kappa shape index (κ2) is 9.85.